The zero-order valence-electron chi connectivity index (χ0n) is 18.4. The van der Waals surface area contributed by atoms with Crippen LogP contribution in [0.25, 0.3) is 10.4 Å². The lowest BCUT2D eigenvalue weighted by Gasteiger charge is -2.50. The maximum atomic E-state index is 11.9. The third-order valence-electron chi connectivity index (χ3n) is 6.56. The predicted molar refractivity (Wildman–Crippen MR) is 117 cm³/mol. The Morgan fingerprint density at radius 2 is 1.94 bits per heavy atom. The first-order chi connectivity index (χ1) is 14.8. The van der Waals surface area contributed by atoms with E-state index in [0.717, 1.165) is 0 Å². The van der Waals surface area contributed by atoms with Crippen molar-refractivity contribution in [3.63, 3.8) is 0 Å². The molecule has 2 N–H and O–H groups in total. The smallest absolute Gasteiger partial charge is 0.309 e. The van der Waals surface area contributed by atoms with Crippen LogP contribution in [0.4, 0.5) is 5.69 Å². The number of carbonyl (C=O) groups is 2. The van der Waals surface area contributed by atoms with Crippen LogP contribution in [-0.4, -0.2) is 32.1 Å². The number of aromatic nitrogens is 1. The Kier molecular flexibility index (Phi) is 6.14. The summed E-state index contributed by atoms with van der Waals surface area (Å²) in [5.74, 6) is -1.38. The molecule has 0 unspecified atom stereocenters. The number of aliphatic hydroxyl groups is 1. The molecule has 1 heterocycles. The van der Waals surface area contributed by atoms with Crippen molar-refractivity contribution in [1.82, 2.24) is 4.98 Å². The number of carboxylic acids is 1. The van der Waals surface area contributed by atoms with Crippen molar-refractivity contribution in [2.75, 3.05) is 0 Å². The van der Waals surface area contributed by atoms with E-state index in [-0.39, 0.29) is 25.1 Å². The van der Waals surface area contributed by atoms with Crippen molar-refractivity contribution < 1.29 is 29.5 Å². The molecule has 9 nitrogen and oxygen atoms in total. The fourth-order valence-corrected chi connectivity index (χ4v) is 5.22. The van der Waals surface area contributed by atoms with Crippen LogP contribution >= 0.6 is 11.3 Å². The van der Waals surface area contributed by atoms with Crippen molar-refractivity contribution in [2.45, 2.75) is 59.2 Å². The number of aliphatic carboxylic acids is 1. The minimum Gasteiger partial charge on any atom is -0.481 e. The third kappa shape index (κ3) is 4.37. The van der Waals surface area contributed by atoms with E-state index < -0.39 is 33.3 Å². The molecule has 2 atom stereocenters. The average Bonchev–Trinajstić information content (AvgIpc) is 3.20. The van der Waals surface area contributed by atoms with Gasteiger partial charge in [0, 0.05) is 30.8 Å². The van der Waals surface area contributed by atoms with E-state index in [1.807, 2.05) is 13.8 Å². The quantitative estimate of drug-likeness (QED) is 0.368. The number of nitro benzene ring substituents is 1. The monoisotopic (exact) mass is 462 g/mol. The van der Waals surface area contributed by atoms with Gasteiger partial charge in [0.15, 0.2) is 0 Å². The number of esters is 1. The minimum absolute atomic E-state index is 0.0957. The number of thiazole rings is 1. The summed E-state index contributed by atoms with van der Waals surface area (Å²) in [4.78, 5) is 38.8. The second-order valence-corrected chi connectivity index (χ2v) is 10.2. The van der Waals surface area contributed by atoms with E-state index >= 15 is 0 Å². The number of nitrogens with zero attached hydrogens (tertiary/aromatic N) is 2. The molecule has 1 saturated carbocycles. The first kappa shape index (κ1) is 23.8. The number of non-ortho nitro benzene ring substituents is 1. The van der Waals surface area contributed by atoms with Crippen LogP contribution in [0.5, 0.6) is 0 Å². The Labute approximate surface area is 189 Å². The molecular weight excluding hydrogens is 436 g/mol. The highest BCUT2D eigenvalue weighted by Gasteiger charge is 2.56. The summed E-state index contributed by atoms with van der Waals surface area (Å²) in [6.45, 7) is 6.54. The molecule has 1 aliphatic rings. The molecule has 10 heteroatoms. The molecule has 0 spiro atoms. The molecule has 1 fully saturated rings. The molecule has 1 aliphatic carbocycles. The lowest BCUT2D eigenvalue weighted by atomic mass is 9.55. The fourth-order valence-electron chi connectivity index (χ4n) is 4.20. The Balaban J connectivity index is 1.94. The number of rotatable bonds is 6. The summed E-state index contributed by atoms with van der Waals surface area (Å²) in [5, 5.41) is 32.9. The summed E-state index contributed by atoms with van der Waals surface area (Å²) in [6, 6.07) is 4.44. The Morgan fingerprint density at radius 3 is 2.50 bits per heavy atom. The van der Waals surface area contributed by atoms with E-state index in [2.05, 4.69) is 4.98 Å². The SMILES string of the molecule is CC(=O)OCc1cc(-c2cnc([C@@]3(O)CC[C@](C)(C(=O)O)C(C)(C)C3)s2)cc([N+](=O)[O-])c1. The van der Waals surface area contributed by atoms with Crippen LogP contribution in [0.15, 0.2) is 24.4 Å². The topological polar surface area (TPSA) is 140 Å². The van der Waals surface area contributed by atoms with E-state index in [1.165, 1.54) is 30.4 Å². The highest BCUT2D eigenvalue weighted by Crippen LogP contribution is 2.56. The van der Waals surface area contributed by atoms with Gasteiger partial charge in [-0.05, 0) is 43.2 Å². The van der Waals surface area contributed by atoms with Gasteiger partial charge in [0.1, 0.15) is 17.2 Å². The van der Waals surface area contributed by atoms with Gasteiger partial charge in [-0.25, -0.2) is 4.98 Å². The van der Waals surface area contributed by atoms with E-state index in [4.69, 9.17) is 4.74 Å². The molecule has 0 saturated heterocycles. The zero-order valence-corrected chi connectivity index (χ0v) is 19.2. The summed E-state index contributed by atoms with van der Waals surface area (Å²) in [7, 11) is 0. The van der Waals surface area contributed by atoms with Crippen molar-refractivity contribution in [3.8, 4) is 10.4 Å². The average molecular weight is 463 g/mol. The van der Waals surface area contributed by atoms with Gasteiger partial charge in [-0.1, -0.05) is 13.8 Å². The Morgan fingerprint density at radius 1 is 1.25 bits per heavy atom. The molecule has 1 aromatic carbocycles. The van der Waals surface area contributed by atoms with Crippen molar-refractivity contribution in [3.05, 3.63) is 45.1 Å². The second-order valence-electron chi connectivity index (χ2n) is 9.18. The number of ether oxygens (including phenoxy) is 1. The number of benzene rings is 1. The molecule has 32 heavy (non-hydrogen) atoms. The molecule has 3 rings (SSSR count). The van der Waals surface area contributed by atoms with Crippen LogP contribution in [0.1, 0.15) is 57.5 Å². The Bertz CT molecular complexity index is 1080. The van der Waals surface area contributed by atoms with Crippen molar-refractivity contribution in [2.24, 2.45) is 10.8 Å². The van der Waals surface area contributed by atoms with Crippen LogP contribution in [0.3, 0.4) is 0 Å². The maximum Gasteiger partial charge on any atom is 0.309 e. The number of carbonyl (C=O) groups excluding carboxylic acids is 1. The van der Waals surface area contributed by atoms with Gasteiger partial charge in [-0.2, -0.15) is 0 Å². The molecule has 0 radical (unpaired) electrons. The van der Waals surface area contributed by atoms with Gasteiger partial charge < -0.3 is 14.9 Å². The van der Waals surface area contributed by atoms with Gasteiger partial charge in [-0.3, -0.25) is 19.7 Å². The number of hydrogen-bond acceptors (Lipinski definition) is 8. The van der Waals surface area contributed by atoms with Gasteiger partial charge in [0.25, 0.3) is 5.69 Å². The molecule has 0 bridgehead atoms. The van der Waals surface area contributed by atoms with Crippen LogP contribution in [-0.2, 0) is 26.5 Å². The maximum absolute atomic E-state index is 11.9. The molecule has 0 amide bonds. The lowest BCUT2D eigenvalue weighted by Crippen LogP contribution is -2.51. The number of hydrogen-bond donors (Lipinski definition) is 2. The van der Waals surface area contributed by atoms with Gasteiger partial charge in [0.05, 0.1) is 15.2 Å². The van der Waals surface area contributed by atoms with E-state index in [9.17, 15) is 29.9 Å². The van der Waals surface area contributed by atoms with Crippen molar-refractivity contribution in [1.29, 1.82) is 0 Å². The minimum atomic E-state index is -1.29. The molecule has 2 aromatic rings. The summed E-state index contributed by atoms with van der Waals surface area (Å²) in [5.41, 5.74) is -2.09. The summed E-state index contributed by atoms with van der Waals surface area (Å²) in [6.07, 6.45) is 2.32. The third-order valence-corrected chi connectivity index (χ3v) is 7.80. The fraction of sp³-hybridized carbons (Fsp3) is 0.500. The summed E-state index contributed by atoms with van der Waals surface area (Å²) < 4.78 is 4.97. The molecule has 0 aliphatic heterocycles. The molecule has 172 valence electrons. The lowest BCUT2D eigenvalue weighted by molar-refractivity contribution is -0.384. The largest absolute Gasteiger partial charge is 0.481 e. The van der Waals surface area contributed by atoms with Gasteiger partial charge >= 0.3 is 11.9 Å². The predicted octanol–water partition coefficient (Wildman–Crippen LogP) is 4.27. The number of nitro groups is 1. The highest BCUT2D eigenvalue weighted by molar-refractivity contribution is 7.15. The molecule has 1 aromatic heterocycles. The van der Waals surface area contributed by atoms with Gasteiger partial charge in [-0.15, -0.1) is 11.3 Å². The normalized spacial score (nSPS) is 24.7. The zero-order chi connectivity index (χ0) is 23.9. The number of carboxylic acid groups (broad SMARTS) is 1. The van der Waals surface area contributed by atoms with Crippen molar-refractivity contribution >= 4 is 29.0 Å². The van der Waals surface area contributed by atoms with Gasteiger partial charge in [0.2, 0.25) is 0 Å². The van der Waals surface area contributed by atoms with E-state index in [1.54, 1.807) is 19.2 Å². The Hall–Kier alpha value is -2.85. The van der Waals surface area contributed by atoms with Crippen LogP contribution in [0, 0.1) is 20.9 Å². The summed E-state index contributed by atoms with van der Waals surface area (Å²) >= 11 is 1.22. The van der Waals surface area contributed by atoms with E-state index in [0.29, 0.717) is 27.4 Å². The molecular formula is C22H26N2O7S. The highest BCUT2D eigenvalue weighted by atomic mass is 32.1. The standard InChI is InChI=1S/C22H26N2O7S/c1-13(25)31-11-14-7-15(9-16(8-14)24(29)30)17-10-23-18(32-17)22(28)6-5-21(4,19(26)27)20(2,3)12-22/h7-10,28H,5-6,11-12H2,1-4H3,(H,26,27)/t21-,22-/m1/s1. The second kappa shape index (κ2) is 8.25. The van der Waals surface area contributed by atoms with Crippen LogP contribution < -0.4 is 0 Å². The first-order valence-electron chi connectivity index (χ1n) is 10.1. The van der Waals surface area contributed by atoms with Crippen LogP contribution in [0.2, 0.25) is 0 Å². The first-order valence-corrected chi connectivity index (χ1v) is 10.9.